The lowest BCUT2D eigenvalue weighted by atomic mass is 9.96. The first-order valence-corrected chi connectivity index (χ1v) is 12.3. The van der Waals surface area contributed by atoms with E-state index in [2.05, 4.69) is 80.7 Å². The number of benzene rings is 2. The van der Waals surface area contributed by atoms with Gasteiger partial charge in [-0.1, -0.05) is 22.0 Å². The lowest BCUT2D eigenvalue weighted by Crippen LogP contribution is -2.29. The van der Waals surface area contributed by atoms with E-state index >= 15 is 0 Å². The maximum Gasteiger partial charge on any atom is 0.174 e. The number of pyridine rings is 1. The smallest absolute Gasteiger partial charge is 0.174 e. The molecule has 2 atom stereocenters. The fourth-order valence-corrected chi connectivity index (χ4v) is 5.41. The van der Waals surface area contributed by atoms with Crippen LogP contribution >= 0.6 is 28.1 Å². The molecule has 0 unspecified atom stereocenters. The topological polar surface area (TPSA) is 53.3 Å². The van der Waals surface area contributed by atoms with E-state index in [4.69, 9.17) is 12.2 Å². The van der Waals surface area contributed by atoms with Gasteiger partial charge in [0, 0.05) is 33.4 Å². The molecule has 1 aliphatic heterocycles. The highest BCUT2D eigenvalue weighted by molar-refractivity contribution is 9.10. The first-order chi connectivity index (χ1) is 16.3. The van der Waals surface area contributed by atoms with Crippen molar-refractivity contribution >= 4 is 38.9 Å². The Hall–Kier alpha value is -3.16. The number of rotatable bonds is 4. The van der Waals surface area contributed by atoms with Crippen LogP contribution < -0.4 is 10.2 Å². The van der Waals surface area contributed by atoms with Gasteiger partial charge in [0.25, 0.3) is 0 Å². The summed E-state index contributed by atoms with van der Waals surface area (Å²) in [6.07, 6.45) is 1.82. The second-order valence-electron chi connectivity index (χ2n) is 8.61. The van der Waals surface area contributed by atoms with Crippen LogP contribution in [-0.4, -0.2) is 19.8 Å². The van der Waals surface area contributed by atoms with E-state index in [0.29, 0.717) is 5.11 Å². The molecule has 2 N–H and O–H groups in total. The Morgan fingerprint density at radius 2 is 1.71 bits per heavy atom. The largest absolute Gasteiger partial charge is 0.508 e. The number of hydrogen-bond donors (Lipinski definition) is 2. The van der Waals surface area contributed by atoms with Crippen molar-refractivity contribution in [1.29, 1.82) is 0 Å². The van der Waals surface area contributed by atoms with Gasteiger partial charge < -0.3 is 19.9 Å². The summed E-state index contributed by atoms with van der Waals surface area (Å²) in [4.78, 5) is 6.87. The molecule has 0 spiro atoms. The van der Waals surface area contributed by atoms with Crippen molar-refractivity contribution in [1.82, 2.24) is 14.9 Å². The van der Waals surface area contributed by atoms with Crippen LogP contribution in [0.2, 0.25) is 0 Å². The molecule has 2 aromatic heterocycles. The van der Waals surface area contributed by atoms with Crippen molar-refractivity contribution in [2.75, 3.05) is 4.90 Å². The Morgan fingerprint density at radius 3 is 2.38 bits per heavy atom. The summed E-state index contributed by atoms with van der Waals surface area (Å²) in [5.74, 6) is 0.253. The first kappa shape index (κ1) is 22.6. The number of aromatic hydroxyl groups is 1. The van der Waals surface area contributed by atoms with Gasteiger partial charge >= 0.3 is 0 Å². The molecule has 3 heterocycles. The minimum Gasteiger partial charge on any atom is -0.508 e. The molecule has 7 heteroatoms. The van der Waals surface area contributed by atoms with Gasteiger partial charge in [-0.15, -0.1) is 0 Å². The van der Waals surface area contributed by atoms with E-state index in [1.807, 2.05) is 36.5 Å². The van der Waals surface area contributed by atoms with Crippen LogP contribution in [0.3, 0.4) is 0 Å². The lowest BCUT2D eigenvalue weighted by Gasteiger charge is -2.28. The molecule has 34 heavy (non-hydrogen) atoms. The van der Waals surface area contributed by atoms with Crippen LogP contribution in [0.25, 0.3) is 5.69 Å². The average Bonchev–Trinajstić information content (AvgIpc) is 3.32. The van der Waals surface area contributed by atoms with E-state index in [0.717, 1.165) is 38.5 Å². The molecule has 0 radical (unpaired) electrons. The van der Waals surface area contributed by atoms with E-state index in [9.17, 15) is 5.11 Å². The van der Waals surface area contributed by atoms with Gasteiger partial charge in [-0.2, -0.15) is 0 Å². The zero-order valence-corrected chi connectivity index (χ0v) is 21.6. The molecule has 0 bridgehead atoms. The lowest BCUT2D eigenvalue weighted by molar-refractivity contribution is 0.475. The van der Waals surface area contributed by atoms with Crippen LogP contribution in [-0.2, 0) is 0 Å². The fraction of sp³-hybridized carbons (Fsp3) is 0.185. The summed E-state index contributed by atoms with van der Waals surface area (Å²) < 4.78 is 3.29. The summed E-state index contributed by atoms with van der Waals surface area (Å²) in [5, 5.41) is 14.0. The summed E-state index contributed by atoms with van der Waals surface area (Å²) in [6.45, 7) is 6.33. The molecule has 0 amide bonds. The molecule has 0 aliphatic carbocycles. The number of hydrogen-bond acceptors (Lipinski definition) is 3. The van der Waals surface area contributed by atoms with Crippen LogP contribution in [0, 0.1) is 20.8 Å². The average molecular weight is 533 g/mol. The number of anilines is 1. The third kappa shape index (κ3) is 3.89. The molecule has 5 nitrogen and oxygen atoms in total. The Morgan fingerprint density at radius 1 is 0.971 bits per heavy atom. The van der Waals surface area contributed by atoms with Crippen LogP contribution in [0.15, 0.2) is 77.4 Å². The summed E-state index contributed by atoms with van der Waals surface area (Å²) in [5.41, 5.74) is 7.55. The molecule has 1 aliphatic rings. The number of aromatic nitrogens is 2. The Balaban J connectivity index is 1.68. The van der Waals surface area contributed by atoms with Gasteiger partial charge in [0.1, 0.15) is 5.75 Å². The van der Waals surface area contributed by atoms with Gasteiger partial charge in [-0.25, -0.2) is 0 Å². The molecule has 1 fully saturated rings. The Bertz CT molecular complexity index is 1370. The van der Waals surface area contributed by atoms with E-state index in [1.165, 1.54) is 5.56 Å². The molecular formula is C27H25BrN4OS. The summed E-state index contributed by atoms with van der Waals surface area (Å²) in [7, 11) is 0. The number of aryl methyl sites for hydroxylation is 2. The van der Waals surface area contributed by atoms with E-state index in [-0.39, 0.29) is 17.8 Å². The third-order valence-corrected chi connectivity index (χ3v) is 7.62. The minimum absolute atomic E-state index is 0.0833. The SMILES string of the molecule is Cc1cc(N2C(=S)N[C@H](c3ccccn3)[C@H]2c2cc(C)n(-c3ccc(O)cc3)c2C)ccc1Br. The Labute approximate surface area is 213 Å². The highest BCUT2D eigenvalue weighted by Gasteiger charge is 2.42. The van der Waals surface area contributed by atoms with Crippen molar-refractivity contribution < 1.29 is 5.11 Å². The van der Waals surface area contributed by atoms with Crippen molar-refractivity contribution in [2.24, 2.45) is 0 Å². The molecule has 172 valence electrons. The number of nitrogens with one attached hydrogen (secondary N) is 1. The van der Waals surface area contributed by atoms with Crippen LogP contribution in [0.4, 0.5) is 5.69 Å². The fourth-order valence-electron chi connectivity index (χ4n) is 4.81. The number of halogens is 1. The number of phenolic OH excluding ortho intramolecular Hbond substituents is 1. The molecule has 1 saturated heterocycles. The summed E-state index contributed by atoms with van der Waals surface area (Å²) in [6, 6.07) is 21.6. The van der Waals surface area contributed by atoms with Crippen molar-refractivity contribution in [3.8, 4) is 11.4 Å². The predicted molar refractivity (Wildman–Crippen MR) is 144 cm³/mol. The summed E-state index contributed by atoms with van der Waals surface area (Å²) >= 11 is 9.50. The van der Waals surface area contributed by atoms with E-state index < -0.39 is 0 Å². The molecule has 4 aromatic rings. The second kappa shape index (κ2) is 8.89. The van der Waals surface area contributed by atoms with Gasteiger partial charge in [0.15, 0.2) is 5.11 Å². The number of thiocarbonyl (C=S) groups is 1. The molecule has 2 aromatic carbocycles. The van der Waals surface area contributed by atoms with Gasteiger partial charge in [-0.05, 0) is 105 Å². The number of phenols is 1. The minimum atomic E-state index is -0.105. The van der Waals surface area contributed by atoms with Gasteiger partial charge in [0.2, 0.25) is 0 Å². The van der Waals surface area contributed by atoms with Gasteiger partial charge in [-0.3, -0.25) is 4.98 Å². The Kier molecular flexibility index (Phi) is 5.91. The van der Waals surface area contributed by atoms with E-state index in [1.54, 1.807) is 12.1 Å². The molecule has 0 saturated carbocycles. The van der Waals surface area contributed by atoms with Crippen molar-refractivity contribution in [2.45, 2.75) is 32.9 Å². The second-order valence-corrected chi connectivity index (χ2v) is 9.85. The zero-order valence-electron chi connectivity index (χ0n) is 19.2. The highest BCUT2D eigenvalue weighted by atomic mass is 79.9. The van der Waals surface area contributed by atoms with Crippen molar-refractivity contribution in [3.05, 3.63) is 106 Å². The third-order valence-electron chi connectivity index (χ3n) is 6.41. The standard InChI is InChI=1S/C27H25BrN4OS/c1-16-14-20(9-12-23(16)28)32-26(25(30-27(32)34)24-6-4-5-13-29-24)22-15-17(2)31(18(22)3)19-7-10-21(33)11-8-19/h4-15,25-26,33H,1-3H3,(H,30,34)/t25-,26-/m1/s1. The zero-order chi connectivity index (χ0) is 24.0. The highest BCUT2D eigenvalue weighted by Crippen LogP contribution is 2.44. The maximum atomic E-state index is 9.76. The van der Waals surface area contributed by atoms with Crippen LogP contribution in [0.1, 0.15) is 40.3 Å². The quantitative estimate of drug-likeness (QED) is 0.296. The normalized spacial score (nSPS) is 17.8. The molecule has 5 rings (SSSR count). The van der Waals surface area contributed by atoms with Crippen molar-refractivity contribution in [3.63, 3.8) is 0 Å². The maximum absolute atomic E-state index is 9.76. The monoisotopic (exact) mass is 532 g/mol. The van der Waals surface area contributed by atoms with Gasteiger partial charge in [0.05, 0.1) is 17.8 Å². The van der Waals surface area contributed by atoms with Crippen LogP contribution in [0.5, 0.6) is 5.75 Å². The number of nitrogens with zero attached hydrogens (tertiary/aromatic N) is 3. The first-order valence-electron chi connectivity index (χ1n) is 11.1. The molecular weight excluding hydrogens is 508 g/mol. The predicted octanol–water partition coefficient (Wildman–Crippen LogP) is 6.44.